The van der Waals surface area contributed by atoms with Crippen molar-refractivity contribution < 1.29 is 0 Å². The van der Waals surface area contributed by atoms with Gasteiger partial charge in [-0.3, -0.25) is 0 Å². The van der Waals surface area contributed by atoms with Crippen LogP contribution in [0.25, 0.3) is 11.4 Å². The van der Waals surface area contributed by atoms with E-state index in [1.54, 1.807) is 12.5 Å². The molecule has 1 fully saturated rings. The summed E-state index contributed by atoms with van der Waals surface area (Å²) < 4.78 is 3.85. The Bertz CT molecular complexity index is 466. The predicted molar refractivity (Wildman–Crippen MR) is 54.1 cm³/mol. The highest BCUT2D eigenvalue weighted by Crippen LogP contribution is 2.17. The molecule has 2 aromatic rings. The van der Waals surface area contributed by atoms with E-state index in [0.717, 1.165) is 24.5 Å². The van der Waals surface area contributed by atoms with Gasteiger partial charge in [-0.25, -0.2) is 9.67 Å². The number of aryl methyl sites for hydroxylation is 1. The molecule has 0 aliphatic carbocycles. The molecule has 1 N–H and O–H groups in total. The monoisotopic (exact) mass is 204 g/mol. The average molecular weight is 204 g/mol. The van der Waals surface area contributed by atoms with Gasteiger partial charge in [0.15, 0.2) is 0 Å². The van der Waals surface area contributed by atoms with Gasteiger partial charge in [0.25, 0.3) is 0 Å². The number of rotatable bonds is 2. The van der Waals surface area contributed by atoms with Crippen molar-refractivity contribution in [3.8, 4) is 11.4 Å². The lowest BCUT2D eigenvalue weighted by atomic mass is 10.2. The maximum absolute atomic E-state index is 4.15. The zero-order chi connectivity index (χ0) is 10.3. The van der Waals surface area contributed by atoms with Crippen LogP contribution < -0.4 is 5.32 Å². The third-order valence-electron chi connectivity index (χ3n) is 2.72. The first-order valence-corrected chi connectivity index (χ1v) is 4.94. The molecule has 0 radical (unpaired) electrons. The van der Waals surface area contributed by atoms with Gasteiger partial charge in [0.1, 0.15) is 5.69 Å². The summed E-state index contributed by atoms with van der Waals surface area (Å²) in [7, 11) is 1.95. The third kappa shape index (κ3) is 1.33. The van der Waals surface area contributed by atoms with Crippen LogP contribution in [-0.4, -0.2) is 37.6 Å². The summed E-state index contributed by atoms with van der Waals surface area (Å²) in [6, 6.07) is 0.458. The van der Waals surface area contributed by atoms with Gasteiger partial charge >= 0.3 is 0 Å². The Labute approximate surface area is 86.9 Å². The molecule has 0 aromatic carbocycles. The van der Waals surface area contributed by atoms with E-state index in [-0.39, 0.29) is 0 Å². The molecule has 3 heterocycles. The second kappa shape index (κ2) is 3.16. The Morgan fingerprint density at radius 2 is 2.33 bits per heavy atom. The summed E-state index contributed by atoms with van der Waals surface area (Å²) in [6.45, 7) is 1.96. The zero-order valence-electron chi connectivity index (χ0n) is 8.46. The van der Waals surface area contributed by atoms with E-state index >= 15 is 0 Å². The smallest absolute Gasteiger partial charge is 0.131 e. The Kier molecular flexibility index (Phi) is 1.81. The Balaban J connectivity index is 1.93. The lowest BCUT2D eigenvalue weighted by molar-refractivity contribution is 0.313. The van der Waals surface area contributed by atoms with E-state index in [1.165, 1.54) is 0 Å². The van der Waals surface area contributed by atoms with E-state index in [2.05, 4.69) is 20.6 Å². The zero-order valence-corrected chi connectivity index (χ0v) is 8.46. The molecule has 0 atom stereocenters. The maximum atomic E-state index is 4.15. The Morgan fingerprint density at radius 3 is 2.93 bits per heavy atom. The van der Waals surface area contributed by atoms with Gasteiger partial charge in [-0.05, 0) is 0 Å². The summed E-state index contributed by atoms with van der Waals surface area (Å²) in [5.74, 6) is 0. The molecule has 6 heteroatoms. The minimum atomic E-state index is 0.458. The minimum absolute atomic E-state index is 0.458. The van der Waals surface area contributed by atoms with E-state index in [0.29, 0.717) is 6.04 Å². The van der Waals surface area contributed by atoms with Crippen molar-refractivity contribution in [2.24, 2.45) is 7.05 Å². The van der Waals surface area contributed by atoms with E-state index in [1.807, 2.05) is 22.5 Å². The van der Waals surface area contributed by atoms with E-state index < -0.39 is 0 Å². The first kappa shape index (κ1) is 8.60. The van der Waals surface area contributed by atoms with Gasteiger partial charge in [0, 0.05) is 20.1 Å². The van der Waals surface area contributed by atoms with Crippen molar-refractivity contribution in [2.75, 3.05) is 13.1 Å². The number of nitrogens with zero attached hydrogens (tertiary/aromatic N) is 5. The highest BCUT2D eigenvalue weighted by molar-refractivity contribution is 5.51. The van der Waals surface area contributed by atoms with Crippen molar-refractivity contribution in [2.45, 2.75) is 6.04 Å². The highest BCUT2D eigenvalue weighted by atomic mass is 15.5. The largest absolute Gasteiger partial charge is 0.332 e. The summed E-state index contributed by atoms with van der Waals surface area (Å²) in [5, 5.41) is 11.5. The molecule has 1 aliphatic rings. The summed E-state index contributed by atoms with van der Waals surface area (Å²) in [6.07, 6.45) is 5.54. The lowest BCUT2D eigenvalue weighted by Crippen LogP contribution is -2.43. The van der Waals surface area contributed by atoms with Gasteiger partial charge in [0.2, 0.25) is 0 Å². The van der Waals surface area contributed by atoms with Crippen LogP contribution in [0.5, 0.6) is 0 Å². The summed E-state index contributed by atoms with van der Waals surface area (Å²) in [5.41, 5.74) is 1.87. The fourth-order valence-electron chi connectivity index (χ4n) is 1.64. The molecule has 6 nitrogen and oxygen atoms in total. The average Bonchev–Trinajstić information content (AvgIpc) is 2.70. The SMILES string of the molecule is Cn1cncc1-c1cn(C2CNC2)nn1. The number of aromatic nitrogens is 5. The van der Waals surface area contributed by atoms with Crippen molar-refractivity contribution in [3.05, 3.63) is 18.7 Å². The van der Waals surface area contributed by atoms with Crippen LogP contribution in [0.1, 0.15) is 6.04 Å². The molecule has 1 aliphatic heterocycles. The lowest BCUT2D eigenvalue weighted by Gasteiger charge is -2.26. The molecule has 0 unspecified atom stereocenters. The van der Waals surface area contributed by atoms with Crippen LogP contribution in [0.2, 0.25) is 0 Å². The first-order chi connectivity index (χ1) is 7.34. The minimum Gasteiger partial charge on any atom is -0.332 e. The molecule has 0 saturated carbocycles. The van der Waals surface area contributed by atoms with Crippen molar-refractivity contribution in [1.29, 1.82) is 0 Å². The molecule has 78 valence electrons. The van der Waals surface area contributed by atoms with Gasteiger partial charge in [-0.2, -0.15) is 0 Å². The number of hydrogen-bond donors (Lipinski definition) is 1. The summed E-state index contributed by atoms with van der Waals surface area (Å²) in [4.78, 5) is 4.06. The number of imidazole rings is 1. The molecule has 0 bridgehead atoms. The first-order valence-electron chi connectivity index (χ1n) is 4.94. The van der Waals surface area contributed by atoms with Gasteiger partial charge in [0.05, 0.1) is 30.5 Å². The standard InChI is InChI=1S/C9H12N6/c1-14-6-11-4-9(14)8-5-15(13-12-8)7-2-10-3-7/h4-7,10H,2-3H2,1H3. The van der Waals surface area contributed by atoms with E-state index in [9.17, 15) is 0 Å². The van der Waals surface area contributed by atoms with Crippen LogP contribution in [0, 0.1) is 0 Å². The van der Waals surface area contributed by atoms with Gasteiger partial charge in [-0.15, -0.1) is 5.10 Å². The normalized spacial score (nSPS) is 16.6. The fourth-order valence-corrected chi connectivity index (χ4v) is 1.64. The van der Waals surface area contributed by atoms with Crippen LogP contribution in [0.15, 0.2) is 18.7 Å². The predicted octanol–water partition coefficient (Wildman–Crippen LogP) is -0.177. The second-order valence-corrected chi connectivity index (χ2v) is 3.79. The van der Waals surface area contributed by atoms with Crippen LogP contribution in [-0.2, 0) is 7.05 Å². The Hall–Kier alpha value is -1.69. The van der Waals surface area contributed by atoms with Crippen molar-refractivity contribution in [1.82, 2.24) is 29.9 Å². The molecular weight excluding hydrogens is 192 g/mol. The van der Waals surface area contributed by atoms with Crippen molar-refractivity contribution in [3.63, 3.8) is 0 Å². The fraction of sp³-hybridized carbons (Fsp3) is 0.444. The molecule has 1 saturated heterocycles. The third-order valence-corrected chi connectivity index (χ3v) is 2.72. The van der Waals surface area contributed by atoms with Crippen molar-refractivity contribution >= 4 is 0 Å². The number of nitrogens with one attached hydrogen (secondary N) is 1. The Morgan fingerprint density at radius 1 is 1.47 bits per heavy atom. The molecule has 2 aromatic heterocycles. The molecular formula is C9H12N6. The molecule has 3 rings (SSSR count). The maximum Gasteiger partial charge on any atom is 0.131 e. The van der Waals surface area contributed by atoms with Crippen LogP contribution >= 0.6 is 0 Å². The van der Waals surface area contributed by atoms with Crippen LogP contribution in [0.4, 0.5) is 0 Å². The van der Waals surface area contributed by atoms with Gasteiger partial charge < -0.3 is 9.88 Å². The summed E-state index contributed by atoms with van der Waals surface area (Å²) >= 11 is 0. The molecule has 0 amide bonds. The topological polar surface area (TPSA) is 60.6 Å². The highest BCUT2D eigenvalue weighted by Gasteiger charge is 2.20. The quantitative estimate of drug-likeness (QED) is 0.737. The van der Waals surface area contributed by atoms with Crippen LogP contribution in [0.3, 0.4) is 0 Å². The number of hydrogen-bond acceptors (Lipinski definition) is 4. The molecule has 15 heavy (non-hydrogen) atoms. The van der Waals surface area contributed by atoms with E-state index in [4.69, 9.17) is 0 Å². The second-order valence-electron chi connectivity index (χ2n) is 3.79. The van der Waals surface area contributed by atoms with Gasteiger partial charge in [-0.1, -0.05) is 5.21 Å². The molecule has 0 spiro atoms.